The standard InChI is InChI=1S/C34H32O4/c35-31-9-1-19-13-20-2-10-32(36)28(16-20)25-7-8-26(25)30-18-22(4-12-34(30)38)14-21-3-11-33(37)29(17-21)24-6-5-23(24)27(31)15-19/h1-4,9-12,15-18,23-26,35-38H,5-8,13-14H2/t23-,24+,25+,26-. The van der Waals surface area contributed by atoms with E-state index >= 15 is 0 Å². The fourth-order valence-electron chi connectivity index (χ4n) is 7.00. The van der Waals surface area contributed by atoms with Crippen molar-refractivity contribution in [1.82, 2.24) is 0 Å². The zero-order chi connectivity index (χ0) is 26.0. The van der Waals surface area contributed by atoms with E-state index in [1.54, 1.807) is 24.3 Å². The van der Waals surface area contributed by atoms with Crippen LogP contribution in [0, 0.1) is 0 Å². The second-order valence-electron chi connectivity index (χ2n) is 11.5. The number of aromatic hydroxyl groups is 4. The van der Waals surface area contributed by atoms with Gasteiger partial charge < -0.3 is 20.4 Å². The van der Waals surface area contributed by atoms with Crippen molar-refractivity contribution in [2.75, 3.05) is 0 Å². The predicted molar refractivity (Wildman–Crippen MR) is 147 cm³/mol. The molecule has 8 bridgehead atoms. The van der Waals surface area contributed by atoms with E-state index in [-0.39, 0.29) is 23.7 Å². The molecule has 4 atom stereocenters. The minimum absolute atomic E-state index is 0.154. The molecule has 0 radical (unpaired) electrons. The quantitative estimate of drug-likeness (QED) is 0.202. The van der Waals surface area contributed by atoms with Crippen LogP contribution in [0.25, 0.3) is 0 Å². The van der Waals surface area contributed by atoms with Crippen molar-refractivity contribution >= 4 is 0 Å². The summed E-state index contributed by atoms with van der Waals surface area (Å²) in [5, 5.41) is 43.3. The minimum atomic E-state index is 0.154. The molecule has 3 aliphatic rings. The molecule has 4 aromatic rings. The molecular weight excluding hydrogens is 472 g/mol. The summed E-state index contributed by atoms with van der Waals surface area (Å²) >= 11 is 0. The van der Waals surface area contributed by atoms with Gasteiger partial charge in [-0.2, -0.15) is 0 Å². The highest BCUT2D eigenvalue weighted by Crippen LogP contribution is 2.55. The van der Waals surface area contributed by atoms with Crippen LogP contribution in [0.15, 0.2) is 72.8 Å². The highest BCUT2D eigenvalue weighted by atomic mass is 16.3. The number of rotatable bonds is 0. The van der Waals surface area contributed by atoms with Gasteiger partial charge in [0.05, 0.1) is 0 Å². The van der Waals surface area contributed by atoms with Gasteiger partial charge in [0.2, 0.25) is 0 Å². The summed E-state index contributed by atoms with van der Waals surface area (Å²) < 4.78 is 0. The SMILES string of the molecule is Oc1ccc2cc1[C@H]1CC[C@H]1c1cc(ccc1O)Cc1ccc(O)c(c1)[C@H]1CC[C@H]1c1cc(ccc1O)C2. The van der Waals surface area contributed by atoms with Gasteiger partial charge in [0.25, 0.3) is 0 Å². The first kappa shape index (κ1) is 23.2. The van der Waals surface area contributed by atoms with Crippen molar-refractivity contribution < 1.29 is 20.4 Å². The molecule has 0 saturated heterocycles. The molecule has 4 heteroatoms. The Bertz CT molecular complexity index is 1320. The maximum Gasteiger partial charge on any atom is 0.119 e. The van der Waals surface area contributed by atoms with Crippen molar-refractivity contribution in [3.8, 4) is 23.0 Å². The number of phenolic OH excluding ortho intramolecular Hbond substituents is 4. The Morgan fingerprint density at radius 3 is 0.816 bits per heavy atom. The third-order valence-electron chi connectivity index (χ3n) is 9.33. The first-order valence-electron chi connectivity index (χ1n) is 13.7. The summed E-state index contributed by atoms with van der Waals surface area (Å²) in [6, 6.07) is 23.6. The lowest BCUT2D eigenvalue weighted by Crippen LogP contribution is -2.23. The van der Waals surface area contributed by atoms with E-state index < -0.39 is 0 Å². The molecule has 4 N–H and O–H groups in total. The predicted octanol–water partition coefficient (Wildman–Crippen LogP) is 7.33. The van der Waals surface area contributed by atoms with Gasteiger partial charge in [-0.05, 0) is 131 Å². The summed E-state index contributed by atoms with van der Waals surface area (Å²) in [6.07, 6.45) is 5.30. The van der Waals surface area contributed by atoms with Gasteiger partial charge in [0.1, 0.15) is 23.0 Å². The summed E-state index contributed by atoms with van der Waals surface area (Å²) in [4.78, 5) is 0. The van der Waals surface area contributed by atoms with Crippen LogP contribution in [0.4, 0.5) is 0 Å². The zero-order valence-electron chi connectivity index (χ0n) is 21.3. The molecule has 0 unspecified atom stereocenters. The van der Waals surface area contributed by atoms with E-state index in [1.807, 2.05) is 24.3 Å². The molecule has 4 nitrogen and oxygen atoms in total. The number of hydrogen-bond donors (Lipinski definition) is 4. The Labute approximate surface area is 222 Å². The molecule has 0 spiro atoms. The number of fused-ring (bicyclic) bond motifs is 14. The second kappa shape index (κ2) is 8.83. The van der Waals surface area contributed by atoms with Gasteiger partial charge in [-0.1, -0.05) is 48.5 Å². The maximum atomic E-state index is 10.8. The van der Waals surface area contributed by atoms with Crippen LogP contribution in [0.5, 0.6) is 23.0 Å². The Balaban J connectivity index is 1.38. The largest absolute Gasteiger partial charge is 0.508 e. The molecule has 0 heterocycles. The van der Waals surface area contributed by atoms with Crippen LogP contribution in [-0.4, -0.2) is 20.4 Å². The number of benzene rings is 4. The summed E-state index contributed by atoms with van der Waals surface area (Å²) in [7, 11) is 0. The molecule has 4 aromatic carbocycles. The number of phenols is 4. The van der Waals surface area contributed by atoms with Crippen molar-refractivity contribution in [3.63, 3.8) is 0 Å². The lowest BCUT2D eigenvalue weighted by Gasteiger charge is -2.39. The van der Waals surface area contributed by atoms with Gasteiger partial charge >= 0.3 is 0 Å². The van der Waals surface area contributed by atoms with E-state index in [1.165, 1.54) is 0 Å². The third kappa shape index (κ3) is 3.82. The monoisotopic (exact) mass is 504 g/mol. The van der Waals surface area contributed by atoms with Crippen LogP contribution >= 0.6 is 0 Å². The van der Waals surface area contributed by atoms with Crippen LogP contribution in [0.1, 0.15) is 93.9 Å². The normalized spacial score (nSPS) is 23.6. The summed E-state index contributed by atoms with van der Waals surface area (Å²) in [6.45, 7) is 0. The van der Waals surface area contributed by atoms with Gasteiger partial charge in [-0.25, -0.2) is 0 Å². The fourth-order valence-corrected chi connectivity index (χ4v) is 7.00. The minimum Gasteiger partial charge on any atom is -0.508 e. The highest BCUT2D eigenvalue weighted by Gasteiger charge is 2.38. The Hall–Kier alpha value is -3.92. The van der Waals surface area contributed by atoms with Gasteiger partial charge in [0, 0.05) is 0 Å². The van der Waals surface area contributed by atoms with E-state index in [2.05, 4.69) is 24.3 Å². The summed E-state index contributed by atoms with van der Waals surface area (Å²) in [5.74, 6) is 1.87. The van der Waals surface area contributed by atoms with Gasteiger partial charge in [-0.15, -0.1) is 0 Å². The second-order valence-corrected chi connectivity index (χ2v) is 11.5. The van der Waals surface area contributed by atoms with Crippen LogP contribution in [0.2, 0.25) is 0 Å². The molecule has 0 aromatic heterocycles. The summed E-state index contributed by atoms with van der Waals surface area (Å²) in [5.41, 5.74) is 8.28. The smallest absolute Gasteiger partial charge is 0.119 e. The molecule has 2 fully saturated rings. The number of hydrogen-bond acceptors (Lipinski definition) is 4. The Kier molecular flexibility index (Phi) is 5.40. The molecule has 38 heavy (non-hydrogen) atoms. The molecule has 0 aliphatic heterocycles. The molecular formula is C34H32O4. The van der Waals surface area contributed by atoms with Crippen LogP contribution in [-0.2, 0) is 12.8 Å². The maximum absolute atomic E-state index is 10.8. The highest BCUT2D eigenvalue weighted by molar-refractivity contribution is 5.51. The van der Waals surface area contributed by atoms with Crippen molar-refractivity contribution in [2.45, 2.75) is 62.2 Å². The average molecular weight is 505 g/mol. The van der Waals surface area contributed by atoms with E-state index in [0.717, 1.165) is 70.2 Å². The van der Waals surface area contributed by atoms with Crippen molar-refractivity contribution in [3.05, 3.63) is 117 Å². The van der Waals surface area contributed by atoms with Crippen molar-refractivity contribution in [1.29, 1.82) is 0 Å². The lowest BCUT2D eigenvalue weighted by atomic mass is 9.65. The first-order valence-corrected chi connectivity index (χ1v) is 13.7. The average Bonchev–Trinajstić information content (AvgIpc) is 2.85. The molecule has 192 valence electrons. The molecule has 7 rings (SSSR count). The molecule has 3 aliphatic carbocycles. The zero-order valence-corrected chi connectivity index (χ0v) is 21.3. The van der Waals surface area contributed by atoms with Crippen LogP contribution < -0.4 is 0 Å². The van der Waals surface area contributed by atoms with Crippen LogP contribution in [0.3, 0.4) is 0 Å². The molecule has 0 amide bonds. The van der Waals surface area contributed by atoms with E-state index in [9.17, 15) is 20.4 Å². The molecule has 2 saturated carbocycles. The van der Waals surface area contributed by atoms with E-state index in [4.69, 9.17) is 0 Å². The third-order valence-corrected chi connectivity index (χ3v) is 9.33. The first-order chi connectivity index (χ1) is 18.4. The topological polar surface area (TPSA) is 80.9 Å². The fraction of sp³-hybridized carbons (Fsp3) is 0.294. The Morgan fingerprint density at radius 2 is 0.605 bits per heavy atom. The lowest BCUT2D eigenvalue weighted by molar-refractivity contribution is 0.323. The van der Waals surface area contributed by atoms with Crippen molar-refractivity contribution in [2.24, 2.45) is 0 Å². The van der Waals surface area contributed by atoms with E-state index in [0.29, 0.717) is 35.8 Å². The van der Waals surface area contributed by atoms with Gasteiger partial charge in [-0.3, -0.25) is 0 Å². The Morgan fingerprint density at radius 1 is 0.368 bits per heavy atom. The van der Waals surface area contributed by atoms with Gasteiger partial charge in [0.15, 0.2) is 0 Å².